The average Bonchev–Trinajstić information content (AvgIpc) is 2.44. The van der Waals surface area contributed by atoms with Crippen LogP contribution in [0.2, 0.25) is 0 Å². The van der Waals surface area contributed by atoms with Crippen molar-refractivity contribution in [2.24, 2.45) is 5.92 Å². The van der Waals surface area contributed by atoms with Gasteiger partial charge in [-0.25, -0.2) is 0 Å². The molecule has 4 nitrogen and oxygen atoms in total. The molecule has 0 radical (unpaired) electrons. The number of carbonyl (C=O) groups is 2. The Labute approximate surface area is 113 Å². The number of benzene rings is 1. The molecule has 2 aliphatic rings. The number of carbonyl (C=O) groups excluding carboxylic acids is 2. The maximum atomic E-state index is 12.3. The van der Waals surface area contributed by atoms with E-state index in [0.717, 1.165) is 12.2 Å². The van der Waals surface area contributed by atoms with Crippen LogP contribution in [0.25, 0.3) is 0 Å². The maximum absolute atomic E-state index is 12.3. The van der Waals surface area contributed by atoms with Crippen molar-refractivity contribution in [3.63, 3.8) is 0 Å². The van der Waals surface area contributed by atoms with E-state index in [1.54, 1.807) is 18.0 Å². The molecule has 1 aromatic carbocycles. The molecule has 0 atom stereocenters. The molecule has 0 aromatic heterocycles. The highest BCUT2D eigenvalue weighted by Crippen LogP contribution is 2.31. The van der Waals surface area contributed by atoms with Gasteiger partial charge in [0.05, 0.1) is 11.3 Å². The Morgan fingerprint density at radius 2 is 1.95 bits per heavy atom. The second-order valence-corrected chi connectivity index (χ2v) is 5.48. The van der Waals surface area contributed by atoms with Crippen molar-refractivity contribution in [1.29, 1.82) is 0 Å². The van der Waals surface area contributed by atoms with Crippen molar-refractivity contribution in [2.45, 2.75) is 19.3 Å². The zero-order valence-electron chi connectivity index (χ0n) is 11.1. The Bertz CT molecular complexity index is 523. The molecule has 1 aromatic rings. The molecule has 1 aliphatic carbocycles. The van der Waals surface area contributed by atoms with E-state index in [-0.39, 0.29) is 18.4 Å². The first kappa shape index (κ1) is 12.2. The van der Waals surface area contributed by atoms with Crippen LogP contribution in [0.15, 0.2) is 24.3 Å². The molecule has 4 heteroatoms. The molecule has 3 rings (SSSR count). The summed E-state index contributed by atoms with van der Waals surface area (Å²) in [5.41, 5.74) is 1.41. The molecule has 19 heavy (non-hydrogen) atoms. The number of hydrogen-bond acceptors (Lipinski definition) is 2. The van der Waals surface area contributed by atoms with E-state index < -0.39 is 0 Å². The Kier molecular flexibility index (Phi) is 3.01. The van der Waals surface area contributed by atoms with Crippen LogP contribution in [-0.2, 0) is 4.79 Å². The highest BCUT2D eigenvalue weighted by atomic mass is 16.2. The molecule has 1 saturated carbocycles. The third-order valence-electron chi connectivity index (χ3n) is 4.11. The van der Waals surface area contributed by atoms with Gasteiger partial charge in [0.25, 0.3) is 5.91 Å². The second kappa shape index (κ2) is 4.68. The number of nitrogens with zero attached hydrogens (tertiary/aromatic N) is 2. The molecule has 1 heterocycles. The molecule has 2 amide bonds. The molecule has 0 bridgehead atoms. The van der Waals surface area contributed by atoms with Crippen molar-refractivity contribution < 1.29 is 9.59 Å². The molecule has 0 spiro atoms. The molecular formula is C15H18N2O2. The van der Waals surface area contributed by atoms with E-state index in [0.29, 0.717) is 11.5 Å². The number of para-hydroxylation sites is 1. The van der Waals surface area contributed by atoms with E-state index in [4.69, 9.17) is 0 Å². The van der Waals surface area contributed by atoms with Gasteiger partial charge in [-0.15, -0.1) is 0 Å². The molecule has 0 saturated heterocycles. The summed E-state index contributed by atoms with van der Waals surface area (Å²) in [5, 5.41) is 0. The van der Waals surface area contributed by atoms with Crippen LogP contribution in [0.5, 0.6) is 0 Å². The minimum atomic E-state index is -0.0694. The molecule has 1 fully saturated rings. The minimum absolute atomic E-state index is 0.0210. The minimum Gasteiger partial charge on any atom is -0.332 e. The van der Waals surface area contributed by atoms with Crippen LogP contribution in [0.1, 0.15) is 29.6 Å². The summed E-state index contributed by atoms with van der Waals surface area (Å²) in [6, 6.07) is 7.42. The standard InChI is InChI=1S/C15H18N2O2/c1-16-10-14(18)17(9-11-5-4-6-11)13-8-3-2-7-12(13)15(16)19/h2-3,7-8,11H,4-6,9-10H2,1H3. The van der Waals surface area contributed by atoms with E-state index in [9.17, 15) is 9.59 Å². The topological polar surface area (TPSA) is 40.6 Å². The zero-order chi connectivity index (χ0) is 13.4. The van der Waals surface area contributed by atoms with E-state index in [2.05, 4.69) is 0 Å². The number of amides is 2. The van der Waals surface area contributed by atoms with Crippen molar-refractivity contribution in [1.82, 2.24) is 4.90 Å². The van der Waals surface area contributed by atoms with Gasteiger partial charge < -0.3 is 9.80 Å². The fourth-order valence-electron chi connectivity index (χ4n) is 2.72. The SMILES string of the molecule is CN1CC(=O)N(CC2CCC2)c2ccccc2C1=O. The summed E-state index contributed by atoms with van der Waals surface area (Å²) < 4.78 is 0. The predicted octanol–water partition coefficient (Wildman–Crippen LogP) is 1.91. The molecule has 1 aliphatic heterocycles. The van der Waals surface area contributed by atoms with Crippen LogP contribution in [0.4, 0.5) is 5.69 Å². The largest absolute Gasteiger partial charge is 0.332 e. The normalized spacial score (nSPS) is 20.1. The first-order valence-electron chi connectivity index (χ1n) is 6.81. The van der Waals surface area contributed by atoms with Gasteiger partial charge in [0.1, 0.15) is 6.54 Å². The highest BCUT2D eigenvalue weighted by Gasteiger charge is 2.31. The summed E-state index contributed by atoms with van der Waals surface area (Å²) in [6.45, 7) is 0.914. The van der Waals surface area contributed by atoms with Crippen LogP contribution < -0.4 is 4.90 Å². The van der Waals surface area contributed by atoms with Crippen molar-refractivity contribution >= 4 is 17.5 Å². The van der Waals surface area contributed by atoms with Gasteiger partial charge in [-0.2, -0.15) is 0 Å². The van der Waals surface area contributed by atoms with Crippen molar-refractivity contribution in [2.75, 3.05) is 25.0 Å². The van der Waals surface area contributed by atoms with Crippen LogP contribution in [-0.4, -0.2) is 36.9 Å². The molecule has 0 unspecified atom stereocenters. The van der Waals surface area contributed by atoms with Gasteiger partial charge in [0.2, 0.25) is 5.91 Å². The number of anilines is 1. The lowest BCUT2D eigenvalue weighted by Crippen LogP contribution is -2.41. The number of fused-ring (bicyclic) bond motifs is 1. The van der Waals surface area contributed by atoms with E-state index in [1.165, 1.54) is 24.2 Å². The molecule has 0 N–H and O–H groups in total. The Morgan fingerprint density at radius 3 is 2.63 bits per heavy atom. The van der Waals surface area contributed by atoms with Crippen molar-refractivity contribution in [3.8, 4) is 0 Å². The predicted molar refractivity (Wildman–Crippen MR) is 73.1 cm³/mol. The first-order valence-corrected chi connectivity index (χ1v) is 6.81. The summed E-state index contributed by atoms with van der Waals surface area (Å²) in [4.78, 5) is 27.9. The third kappa shape index (κ3) is 2.11. The molecule has 100 valence electrons. The summed E-state index contributed by atoms with van der Waals surface area (Å²) in [6.07, 6.45) is 3.64. The maximum Gasteiger partial charge on any atom is 0.256 e. The molecular weight excluding hydrogens is 240 g/mol. The number of hydrogen-bond donors (Lipinski definition) is 0. The zero-order valence-corrected chi connectivity index (χ0v) is 11.1. The van der Waals surface area contributed by atoms with Gasteiger partial charge in [0.15, 0.2) is 0 Å². The average molecular weight is 258 g/mol. The van der Waals surface area contributed by atoms with Crippen LogP contribution >= 0.6 is 0 Å². The number of rotatable bonds is 2. The second-order valence-electron chi connectivity index (χ2n) is 5.48. The number of likely N-dealkylation sites (N-methyl/N-ethyl adjacent to an activating group) is 1. The van der Waals surface area contributed by atoms with Gasteiger partial charge in [-0.1, -0.05) is 18.6 Å². The van der Waals surface area contributed by atoms with E-state index in [1.807, 2.05) is 18.2 Å². The van der Waals surface area contributed by atoms with Crippen molar-refractivity contribution in [3.05, 3.63) is 29.8 Å². The quantitative estimate of drug-likeness (QED) is 0.813. The van der Waals surface area contributed by atoms with Gasteiger partial charge in [0, 0.05) is 13.6 Å². The Balaban J connectivity index is 1.99. The highest BCUT2D eigenvalue weighted by molar-refractivity contribution is 6.09. The van der Waals surface area contributed by atoms with Crippen LogP contribution in [0, 0.1) is 5.92 Å². The van der Waals surface area contributed by atoms with Gasteiger partial charge >= 0.3 is 0 Å². The monoisotopic (exact) mass is 258 g/mol. The van der Waals surface area contributed by atoms with Gasteiger partial charge in [-0.05, 0) is 30.9 Å². The fourth-order valence-corrected chi connectivity index (χ4v) is 2.72. The smallest absolute Gasteiger partial charge is 0.256 e. The third-order valence-corrected chi connectivity index (χ3v) is 4.11. The Morgan fingerprint density at radius 1 is 1.21 bits per heavy atom. The lowest BCUT2D eigenvalue weighted by Gasteiger charge is -2.32. The lowest BCUT2D eigenvalue weighted by molar-refractivity contribution is -0.119. The summed E-state index contributed by atoms with van der Waals surface area (Å²) >= 11 is 0. The lowest BCUT2D eigenvalue weighted by atomic mass is 9.85. The summed E-state index contributed by atoms with van der Waals surface area (Å²) in [7, 11) is 1.68. The van der Waals surface area contributed by atoms with Crippen LogP contribution in [0.3, 0.4) is 0 Å². The fraction of sp³-hybridized carbons (Fsp3) is 0.467. The first-order chi connectivity index (χ1) is 9.16. The Hall–Kier alpha value is -1.84. The van der Waals surface area contributed by atoms with Gasteiger partial charge in [-0.3, -0.25) is 9.59 Å². The van der Waals surface area contributed by atoms with E-state index >= 15 is 0 Å². The summed E-state index contributed by atoms with van der Waals surface area (Å²) in [5.74, 6) is 0.545.